The maximum absolute atomic E-state index is 8.92. The average Bonchev–Trinajstić information content (AvgIpc) is 2.39. The molecule has 0 aromatic heterocycles. The summed E-state index contributed by atoms with van der Waals surface area (Å²) in [5.74, 6) is 5.85. The van der Waals surface area contributed by atoms with Gasteiger partial charge in [-0.15, -0.1) is 5.92 Å². The van der Waals surface area contributed by atoms with Gasteiger partial charge in [-0.1, -0.05) is 11.5 Å². The Bertz CT molecular complexity index is 349. The number of nitrogens with zero attached hydrogens (tertiary/aromatic N) is 1. The molecule has 0 saturated carbocycles. The van der Waals surface area contributed by atoms with Crippen molar-refractivity contribution in [2.45, 2.75) is 31.7 Å². The fourth-order valence-corrected chi connectivity index (χ4v) is 2.13. The van der Waals surface area contributed by atoms with Crippen molar-refractivity contribution in [2.75, 3.05) is 0 Å². The maximum Gasteiger partial charge on any atom is 0.128 e. The van der Waals surface area contributed by atoms with Crippen LogP contribution in [-0.4, -0.2) is 6.04 Å². The van der Waals surface area contributed by atoms with E-state index in [1.807, 2.05) is 0 Å². The van der Waals surface area contributed by atoms with E-state index in [-0.39, 0.29) is 12.0 Å². The molecule has 2 nitrogen and oxygen atoms in total. The van der Waals surface area contributed by atoms with Gasteiger partial charge in [0.05, 0.1) is 6.07 Å². The summed E-state index contributed by atoms with van der Waals surface area (Å²) >= 11 is 0. The van der Waals surface area contributed by atoms with Crippen molar-refractivity contribution in [1.29, 1.82) is 5.26 Å². The third kappa shape index (κ3) is 1.34. The van der Waals surface area contributed by atoms with Crippen LogP contribution in [0.4, 0.5) is 0 Å². The van der Waals surface area contributed by atoms with Gasteiger partial charge < -0.3 is 5.73 Å². The van der Waals surface area contributed by atoms with E-state index in [1.165, 1.54) is 11.1 Å². The molecule has 2 unspecified atom stereocenters. The van der Waals surface area contributed by atoms with E-state index >= 15 is 0 Å². The van der Waals surface area contributed by atoms with Crippen LogP contribution in [0.2, 0.25) is 0 Å². The predicted octanol–water partition coefficient (Wildman–Crippen LogP) is 1.34. The summed E-state index contributed by atoms with van der Waals surface area (Å²) < 4.78 is 0. The molecule has 0 bridgehead atoms. The highest BCUT2D eigenvalue weighted by molar-refractivity contribution is 5.38. The lowest BCUT2D eigenvalue weighted by atomic mass is 9.97. The molecule has 2 rings (SSSR count). The Hall–Kier alpha value is -1.25. The Morgan fingerprint density at radius 3 is 3.00 bits per heavy atom. The summed E-state index contributed by atoms with van der Waals surface area (Å²) in [6.07, 6.45) is 3.82. The Labute approximate surface area is 78.4 Å². The van der Waals surface area contributed by atoms with Gasteiger partial charge >= 0.3 is 0 Å². The first-order valence-corrected chi connectivity index (χ1v) is 4.68. The second kappa shape index (κ2) is 3.24. The van der Waals surface area contributed by atoms with Crippen LogP contribution in [-0.2, 0) is 0 Å². The van der Waals surface area contributed by atoms with Crippen molar-refractivity contribution in [1.82, 2.24) is 0 Å². The highest BCUT2D eigenvalue weighted by Gasteiger charge is 2.27. The monoisotopic (exact) mass is 172 g/mol. The van der Waals surface area contributed by atoms with Gasteiger partial charge in [0.1, 0.15) is 5.92 Å². The van der Waals surface area contributed by atoms with E-state index in [1.54, 1.807) is 0 Å². The van der Waals surface area contributed by atoms with Crippen LogP contribution >= 0.6 is 0 Å². The standard InChI is InChI=1S/C11H12N2/c12-7-8-3-1-2-4-10-9(8)5-6-11(10)13/h8,11H,2,4-6,13H2. The molecule has 0 saturated heterocycles. The lowest BCUT2D eigenvalue weighted by Gasteiger charge is -2.08. The summed E-state index contributed by atoms with van der Waals surface area (Å²) in [5.41, 5.74) is 8.47. The van der Waals surface area contributed by atoms with Crippen LogP contribution in [0.1, 0.15) is 25.7 Å². The Kier molecular flexibility index (Phi) is 2.08. The normalized spacial score (nSPS) is 31.4. The molecular formula is C11H12N2. The molecule has 2 atom stereocenters. The molecule has 0 radical (unpaired) electrons. The van der Waals surface area contributed by atoms with Gasteiger partial charge in [0.25, 0.3) is 0 Å². The van der Waals surface area contributed by atoms with Crippen LogP contribution in [0.5, 0.6) is 0 Å². The van der Waals surface area contributed by atoms with Crippen molar-refractivity contribution in [3.63, 3.8) is 0 Å². The minimum Gasteiger partial charge on any atom is -0.324 e. The van der Waals surface area contributed by atoms with Gasteiger partial charge in [-0.25, -0.2) is 0 Å². The lowest BCUT2D eigenvalue weighted by Crippen LogP contribution is -2.18. The summed E-state index contributed by atoms with van der Waals surface area (Å²) in [7, 11) is 0. The largest absolute Gasteiger partial charge is 0.324 e. The zero-order chi connectivity index (χ0) is 9.26. The van der Waals surface area contributed by atoms with Gasteiger partial charge in [-0.2, -0.15) is 5.26 Å². The first kappa shape index (κ1) is 8.35. The summed E-state index contributed by atoms with van der Waals surface area (Å²) in [6.45, 7) is 0. The van der Waals surface area contributed by atoms with E-state index in [9.17, 15) is 0 Å². The molecule has 2 N–H and O–H groups in total. The molecular weight excluding hydrogens is 160 g/mol. The summed E-state index contributed by atoms with van der Waals surface area (Å²) in [6, 6.07) is 2.44. The number of hydrogen-bond acceptors (Lipinski definition) is 2. The second-order valence-corrected chi connectivity index (χ2v) is 3.58. The van der Waals surface area contributed by atoms with E-state index in [4.69, 9.17) is 11.0 Å². The molecule has 0 heterocycles. The molecule has 0 aromatic carbocycles. The number of nitrogens with two attached hydrogens (primary N) is 1. The van der Waals surface area contributed by atoms with Gasteiger partial charge in [0, 0.05) is 12.5 Å². The van der Waals surface area contributed by atoms with Crippen molar-refractivity contribution in [2.24, 2.45) is 11.7 Å². The minimum atomic E-state index is -0.175. The fourth-order valence-electron chi connectivity index (χ4n) is 2.13. The third-order valence-corrected chi connectivity index (χ3v) is 2.83. The maximum atomic E-state index is 8.92. The number of allylic oxidation sites excluding steroid dienone is 1. The minimum absolute atomic E-state index is 0.175. The molecule has 66 valence electrons. The SMILES string of the molecule is N#CC1C#CCCC2=C1CCC2N. The van der Waals surface area contributed by atoms with Crippen LogP contribution in [0, 0.1) is 29.1 Å². The van der Waals surface area contributed by atoms with E-state index in [2.05, 4.69) is 17.9 Å². The van der Waals surface area contributed by atoms with Gasteiger partial charge in [-0.3, -0.25) is 0 Å². The molecule has 2 aliphatic rings. The Balaban J connectivity index is 2.37. The first-order chi connectivity index (χ1) is 6.33. The molecule has 0 fully saturated rings. The number of nitriles is 1. The van der Waals surface area contributed by atoms with Crippen molar-refractivity contribution >= 4 is 0 Å². The lowest BCUT2D eigenvalue weighted by molar-refractivity contribution is 0.720. The first-order valence-electron chi connectivity index (χ1n) is 4.68. The van der Waals surface area contributed by atoms with Crippen molar-refractivity contribution in [3.05, 3.63) is 11.1 Å². The van der Waals surface area contributed by atoms with Crippen molar-refractivity contribution in [3.8, 4) is 17.9 Å². The Morgan fingerprint density at radius 2 is 2.23 bits per heavy atom. The highest BCUT2D eigenvalue weighted by atomic mass is 14.7. The topological polar surface area (TPSA) is 49.8 Å². The molecule has 2 heteroatoms. The van der Waals surface area contributed by atoms with Crippen LogP contribution in [0.25, 0.3) is 0 Å². The van der Waals surface area contributed by atoms with Crippen LogP contribution in [0.3, 0.4) is 0 Å². The Morgan fingerprint density at radius 1 is 1.38 bits per heavy atom. The van der Waals surface area contributed by atoms with Crippen LogP contribution in [0.15, 0.2) is 11.1 Å². The smallest absolute Gasteiger partial charge is 0.128 e. The van der Waals surface area contributed by atoms with E-state index in [0.717, 1.165) is 25.7 Å². The molecule has 2 aliphatic carbocycles. The number of rotatable bonds is 0. The van der Waals surface area contributed by atoms with Gasteiger partial charge in [0.15, 0.2) is 0 Å². The highest BCUT2D eigenvalue weighted by Crippen LogP contribution is 2.34. The zero-order valence-corrected chi connectivity index (χ0v) is 7.51. The van der Waals surface area contributed by atoms with E-state index < -0.39 is 0 Å². The molecule has 0 aliphatic heterocycles. The zero-order valence-electron chi connectivity index (χ0n) is 7.51. The van der Waals surface area contributed by atoms with E-state index in [0.29, 0.717) is 0 Å². The predicted molar refractivity (Wildman–Crippen MR) is 50.3 cm³/mol. The second-order valence-electron chi connectivity index (χ2n) is 3.58. The molecule has 13 heavy (non-hydrogen) atoms. The number of hydrogen-bond donors (Lipinski definition) is 1. The van der Waals surface area contributed by atoms with Gasteiger partial charge in [0.2, 0.25) is 0 Å². The summed E-state index contributed by atoms with van der Waals surface area (Å²) in [4.78, 5) is 0. The summed E-state index contributed by atoms with van der Waals surface area (Å²) in [5, 5.41) is 8.92. The third-order valence-electron chi connectivity index (χ3n) is 2.83. The van der Waals surface area contributed by atoms with Crippen LogP contribution < -0.4 is 5.73 Å². The van der Waals surface area contributed by atoms with Gasteiger partial charge in [-0.05, 0) is 24.8 Å². The molecule has 0 spiro atoms. The fraction of sp³-hybridized carbons (Fsp3) is 0.545. The quantitative estimate of drug-likeness (QED) is 0.443. The average molecular weight is 172 g/mol. The molecule has 0 aromatic rings. The molecule has 0 amide bonds. The van der Waals surface area contributed by atoms with Crippen molar-refractivity contribution < 1.29 is 0 Å².